The van der Waals surface area contributed by atoms with E-state index in [2.05, 4.69) is 4.98 Å². The molecule has 1 saturated heterocycles. The number of nitro groups is 1. The van der Waals surface area contributed by atoms with E-state index in [9.17, 15) is 35.0 Å². The van der Waals surface area contributed by atoms with E-state index in [0.29, 0.717) is 29.2 Å². The van der Waals surface area contributed by atoms with E-state index in [-0.39, 0.29) is 30.8 Å². The van der Waals surface area contributed by atoms with Gasteiger partial charge in [0.05, 0.1) is 40.9 Å². The zero-order valence-electron chi connectivity index (χ0n) is 22.9. The Bertz CT molecular complexity index is 1560. The number of carbonyl (C=O) groups is 2. The largest absolute Gasteiger partial charge is 0.459 e. The summed E-state index contributed by atoms with van der Waals surface area (Å²) in [6.07, 6.45) is 3.28. The van der Waals surface area contributed by atoms with Crippen LogP contribution < -0.4 is 4.90 Å². The molecule has 5 rings (SSSR count). The molecular formula is C31H31N3O8. The van der Waals surface area contributed by atoms with Crippen molar-refractivity contribution in [3.63, 3.8) is 0 Å². The van der Waals surface area contributed by atoms with Crippen molar-refractivity contribution in [2.45, 2.75) is 38.9 Å². The van der Waals surface area contributed by atoms with Crippen LogP contribution in [0.4, 0.5) is 11.4 Å². The molecule has 0 bridgehead atoms. The summed E-state index contributed by atoms with van der Waals surface area (Å²) in [5.74, 6) is -2.52. The third-order valence-electron chi connectivity index (χ3n) is 8.02. The molecule has 4 atom stereocenters. The number of non-ortho nitro benzene ring substituents is 1. The molecule has 0 saturated carbocycles. The molecule has 218 valence electrons. The van der Waals surface area contributed by atoms with Gasteiger partial charge in [-0.25, -0.2) is 4.90 Å². The van der Waals surface area contributed by atoms with E-state index in [1.54, 1.807) is 37.4 Å². The molecule has 0 spiro atoms. The van der Waals surface area contributed by atoms with E-state index in [4.69, 9.17) is 4.42 Å². The number of furan rings is 1. The number of hydrogen-bond acceptors (Lipinski definition) is 9. The summed E-state index contributed by atoms with van der Waals surface area (Å²) in [5, 5.41) is 42.5. The normalized spacial score (nSPS) is 21.6. The topological polar surface area (TPSA) is 167 Å². The highest BCUT2D eigenvalue weighted by molar-refractivity contribution is 6.22. The number of allylic oxidation sites excluding steroid dienone is 2. The molecule has 11 heteroatoms. The molecule has 2 aromatic heterocycles. The molecule has 1 aliphatic carbocycles. The van der Waals surface area contributed by atoms with Gasteiger partial charge >= 0.3 is 0 Å². The van der Waals surface area contributed by atoms with E-state index in [1.165, 1.54) is 24.3 Å². The van der Waals surface area contributed by atoms with Crippen molar-refractivity contribution < 1.29 is 34.2 Å². The lowest BCUT2D eigenvalue weighted by Gasteiger charge is -2.35. The summed E-state index contributed by atoms with van der Waals surface area (Å²) in [6.45, 7) is 1.11. The summed E-state index contributed by atoms with van der Waals surface area (Å²) in [5.41, 5.74) is 2.59. The Labute approximate surface area is 241 Å². The van der Waals surface area contributed by atoms with Gasteiger partial charge in [-0.2, -0.15) is 0 Å². The molecule has 2 aliphatic rings. The van der Waals surface area contributed by atoms with Crippen molar-refractivity contribution in [1.29, 1.82) is 0 Å². The van der Waals surface area contributed by atoms with Crippen LogP contribution in [-0.2, 0) is 16.2 Å². The lowest BCUT2D eigenvalue weighted by atomic mass is 9.68. The van der Waals surface area contributed by atoms with Gasteiger partial charge in [0.25, 0.3) is 5.69 Å². The molecule has 1 aromatic carbocycles. The number of rotatable bonds is 10. The van der Waals surface area contributed by atoms with Crippen molar-refractivity contribution in [3.8, 4) is 0 Å². The van der Waals surface area contributed by atoms with Crippen molar-refractivity contribution in [2.24, 2.45) is 17.8 Å². The highest BCUT2D eigenvalue weighted by Gasteiger charge is 2.55. The fourth-order valence-electron chi connectivity index (χ4n) is 6.12. The first kappa shape index (κ1) is 29.1. The van der Waals surface area contributed by atoms with Crippen molar-refractivity contribution in [1.82, 2.24) is 4.98 Å². The minimum absolute atomic E-state index is 0.109. The Kier molecular flexibility index (Phi) is 8.44. The van der Waals surface area contributed by atoms with E-state index < -0.39 is 47.2 Å². The van der Waals surface area contributed by atoms with Gasteiger partial charge in [0.15, 0.2) is 0 Å². The Morgan fingerprint density at radius 1 is 1.17 bits per heavy atom. The van der Waals surface area contributed by atoms with Gasteiger partial charge in [-0.05, 0) is 73.7 Å². The average Bonchev–Trinajstić information content (AvgIpc) is 3.55. The first-order chi connectivity index (χ1) is 20.2. The molecule has 1 aliphatic heterocycles. The lowest BCUT2D eigenvalue weighted by molar-refractivity contribution is -0.384. The number of anilines is 1. The van der Waals surface area contributed by atoms with Crippen LogP contribution in [0.15, 0.2) is 76.4 Å². The number of aliphatic hydroxyl groups is 3. The molecule has 3 aromatic rings. The van der Waals surface area contributed by atoms with Crippen molar-refractivity contribution in [3.05, 3.63) is 99.3 Å². The van der Waals surface area contributed by atoms with Crippen molar-refractivity contribution in [2.75, 3.05) is 11.5 Å². The van der Waals surface area contributed by atoms with Gasteiger partial charge in [0, 0.05) is 24.2 Å². The van der Waals surface area contributed by atoms with Crippen LogP contribution in [0.25, 0.3) is 11.6 Å². The molecule has 1 fully saturated rings. The van der Waals surface area contributed by atoms with Gasteiger partial charge in [-0.1, -0.05) is 17.7 Å². The summed E-state index contributed by atoms with van der Waals surface area (Å²) in [6, 6.07) is 14.2. The maximum absolute atomic E-state index is 13.6. The smallest absolute Gasteiger partial charge is 0.271 e. The molecule has 3 heterocycles. The molecule has 11 nitrogen and oxygen atoms in total. The van der Waals surface area contributed by atoms with Gasteiger partial charge < -0.3 is 19.7 Å². The summed E-state index contributed by atoms with van der Waals surface area (Å²) in [4.78, 5) is 43.1. The van der Waals surface area contributed by atoms with Crippen LogP contribution in [0, 0.1) is 27.9 Å². The number of pyridine rings is 1. The highest BCUT2D eigenvalue weighted by Crippen LogP contribution is 2.47. The van der Waals surface area contributed by atoms with Gasteiger partial charge in [-0.15, -0.1) is 0 Å². The molecule has 3 N–H and O–H groups in total. The van der Waals surface area contributed by atoms with Crippen LogP contribution in [0.2, 0.25) is 0 Å². The minimum atomic E-state index is -1.02. The first-order valence-electron chi connectivity index (χ1n) is 13.7. The van der Waals surface area contributed by atoms with E-state index in [1.807, 2.05) is 12.1 Å². The summed E-state index contributed by atoms with van der Waals surface area (Å²) >= 11 is 0. The Morgan fingerprint density at radius 2 is 1.98 bits per heavy atom. The number of nitrogens with zero attached hydrogens (tertiary/aromatic N) is 3. The number of benzene rings is 1. The highest BCUT2D eigenvalue weighted by atomic mass is 16.6. The van der Waals surface area contributed by atoms with Crippen LogP contribution in [-0.4, -0.2) is 49.8 Å². The van der Waals surface area contributed by atoms with Crippen LogP contribution in [0.1, 0.15) is 43.4 Å². The number of aliphatic hydroxyl groups excluding tert-OH is 3. The number of amides is 2. The third kappa shape index (κ3) is 5.54. The fraction of sp³-hybridized carbons (Fsp3) is 0.323. The molecular weight excluding hydrogens is 542 g/mol. The zero-order valence-corrected chi connectivity index (χ0v) is 22.9. The monoisotopic (exact) mass is 573 g/mol. The fourth-order valence-corrected chi connectivity index (χ4v) is 6.12. The SMILES string of the molecule is CC1=C([C@H](O)CC/C(=C/c2ccc(CO)o2)c2ccccn2)[C@H](CO)[C@@H]2C(=O)N(c3cccc([N+](=O)[O-])c3)C(=O)[C@@H]2C1. The van der Waals surface area contributed by atoms with Gasteiger partial charge in [0.1, 0.15) is 18.1 Å². The van der Waals surface area contributed by atoms with Crippen LogP contribution in [0.3, 0.4) is 0 Å². The van der Waals surface area contributed by atoms with Gasteiger partial charge in [-0.3, -0.25) is 24.7 Å². The van der Waals surface area contributed by atoms with E-state index in [0.717, 1.165) is 16.0 Å². The number of hydrogen-bond donors (Lipinski definition) is 3. The second-order valence-electron chi connectivity index (χ2n) is 10.6. The van der Waals surface area contributed by atoms with Crippen molar-refractivity contribution >= 4 is 34.8 Å². The first-order valence-corrected chi connectivity index (χ1v) is 13.7. The quantitative estimate of drug-likeness (QED) is 0.141. The van der Waals surface area contributed by atoms with Crippen LogP contribution in [0.5, 0.6) is 0 Å². The number of carbonyl (C=O) groups excluding carboxylic acids is 2. The van der Waals surface area contributed by atoms with E-state index >= 15 is 0 Å². The Hall–Kier alpha value is -4.45. The number of aromatic nitrogens is 1. The summed E-state index contributed by atoms with van der Waals surface area (Å²) < 4.78 is 5.63. The standard InChI is InChI=1S/C31H31N3O8/c1-18-13-24-29(31(39)33(30(24)38)20-5-4-6-21(15-20)34(40)41)25(17-36)28(18)27(37)11-8-19(26-7-2-3-12-32-26)14-22-9-10-23(16-35)42-22/h2-7,9-10,12,14-15,24-25,27,29,35-37H,8,11,13,16-17H2,1H3/b19-14-/t24-,25+,27-,29-/m1/s1. The third-order valence-corrected chi connectivity index (χ3v) is 8.02. The maximum Gasteiger partial charge on any atom is 0.271 e. The predicted octanol–water partition coefficient (Wildman–Crippen LogP) is 3.89. The minimum Gasteiger partial charge on any atom is -0.459 e. The molecule has 2 amide bonds. The second kappa shape index (κ2) is 12.2. The molecule has 0 radical (unpaired) electrons. The van der Waals surface area contributed by atoms with Gasteiger partial charge in [0.2, 0.25) is 11.8 Å². The second-order valence-corrected chi connectivity index (χ2v) is 10.6. The maximum atomic E-state index is 13.6. The molecule has 0 unspecified atom stereocenters. The Balaban J connectivity index is 1.40. The predicted molar refractivity (Wildman–Crippen MR) is 152 cm³/mol. The number of imide groups is 1. The lowest BCUT2D eigenvalue weighted by Crippen LogP contribution is -2.38. The zero-order chi connectivity index (χ0) is 30.0. The Morgan fingerprint density at radius 3 is 2.64 bits per heavy atom. The molecule has 42 heavy (non-hydrogen) atoms. The average molecular weight is 574 g/mol. The number of fused-ring (bicyclic) bond motifs is 1. The van der Waals surface area contributed by atoms with Crippen LogP contribution >= 0.6 is 0 Å². The number of nitro benzene ring substituents is 1. The summed E-state index contributed by atoms with van der Waals surface area (Å²) in [7, 11) is 0.